The number of hydrogen-bond acceptors (Lipinski definition) is 7. The Balaban J connectivity index is 1.84. The van der Waals surface area contributed by atoms with Gasteiger partial charge in [0.25, 0.3) is 10.0 Å². The highest BCUT2D eigenvalue weighted by molar-refractivity contribution is 9.11. The van der Waals surface area contributed by atoms with E-state index in [1.54, 1.807) is 30.3 Å². The highest BCUT2D eigenvalue weighted by Gasteiger charge is 2.43. The summed E-state index contributed by atoms with van der Waals surface area (Å²) in [6.07, 6.45) is 0. The van der Waals surface area contributed by atoms with Crippen molar-refractivity contribution in [1.29, 1.82) is 0 Å². The molecule has 1 aliphatic heterocycles. The van der Waals surface area contributed by atoms with Crippen LogP contribution in [0.2, 0.25) is 0 Å². The Morgan fingerprint density at radius 2 is 1.69 bits per heavy atom. The van der Waals surface area contributed by atoms with Crippen molar-refractivity contribution in [2.75, 3.05) is 30.0 Å². The van der Waals surface area contributed by atoms with Crippen molar-refractivity contribution in [3.8, 4) is 11.5 Å². The molecule has 0 saturated carbocycles. The second kappa shape index (κ2) is 8.57. The molecule has 0 atom stereocenters. The van der Waals surface area contributed by atoms with Crippen molar-refractivity contribution >= 4 is 60.5 Å². The zero-order valence-electron chi connectivity index (χ0n) is 16.9. The zero-order valence-corrected chi connectivity index (χ0v) is 20.2. The summed E-state index contributed by atoms with van der Waals surface area (Å²) in [4.78, 5) is 27.9. The van der Waals surface area contributed by atoms with Gasteiger partial charge in [-0.05, 0) is 40.2 Å². The Morgan fingerprint density at radius 3 is 2.28 bits per heavy atom. The van der Waals surface area contributed by atoms with Crippen molar-refractivity contribution < 1.29 is 27.5 Å². The van der Waals surface area contributed by atoms with Crippen LogP contribution in [0.5, 0.6) is 11.5 Å². The van der Waals surface area contributed by atoms with Crippen LogP contribution >= 0.6 is 27.3 Å². The fourth-order valence-corrected chi connectivity index (χ4v) is 6.20. The lowest BCUT2D eigenvalue weighted by Crippen LogP contribution is -2.52. The number of amides is 2. The third-order valence-corrected chi connectivity index (χ3v) is 8.21. The molecule has 166 valence electrons. The number of hydrogen-bond donors (Lipinski definition) is 0. The number of carbonyl (C=O) groups is 2. The number of anilines is 2. The van der Waals surface area contributed by atoms with Crippen LogP contribution in [0, 0.1) is 0 Å². The number of Topliss-reactive ketones (excluding diaryl/α,β-unsaturated/α-hetero) is 1. The number of methoxy groups -OCH3 is 2. The second-order valence-electron chi connectivity index (χ2n) is 6.70. The largest absolute Gasteiger partial charge is 0.497 e. The zero-order chi connectivity index (χ0) is 23.0. The van der Waals surface area contributed by atoms with E-state index in [2.05, 4.69) is 15.9 Å². The molecule has 32 heavy (non-hydrogen) atoms. The van der Waals surface area contributed by atoms with Crippen LogP contribution < -0.4 is 18.7 Å². The molecule has 0 bridgehead atoms. The number of rotatable bonds is 6. The van der Waals surface area contributed by atoms with Gasteiger partial charge in [0.15, 0.2) is 5.78 Å². The van der Waals surface area contributed by atoms with Crippen LogP contribution in [0.25, 0.3) is 0 Å². The predicted molar refractivity (Wildman–Crippen MR) is 125 cm³/mol. The Bertz CT molecular complexity index is 1300. The molecule has 0 saturated heterocycles. The van der Waals surface area contributed by atoms with Crippen LogP contribution in [0.1, 0.15) is 9.67 Å². The summed E-state index contributed by atoms with van der Waals surface area (Å²) in [5.74, 6) is 0.311. The number of sulfonamides is 1. The van der Waals surface area contributed by atoms with Crippen LogP contribution in [-0.4, -0.2) is 41.0 Å². The van der Waals surface area contributed by atoms with Crippen molar-refractivity contribution in [2.45, 2.75) is 4.90 Å². The number of nitrogens with zero attached hydrogens (tertiary/aromatic N) is 2. The van der Waals surface area contributed by atoms with Crippen LogP contribution in [0.3, 0.4) is 0 Å². The Hall–Kier alpha value is -2.89. The van der Waals surface area contributed by atoms with E-state index in [-0.39, 0.29) is 28.6 Å². The number of para-hydroxylation sites is 1. The van der Waals surface area contributed by atoms with Crippen LogP contribution in [0.15, 0.2) is 63.3 Å². The van der Waals surface area contributed by atoms with Crippen molar-refractivity contribution in [2.24, 2.45) is 0 Å². The first-order valence-electron chi connectivity index (χ1n) is 9.23. The standard InChI is InChI=1S/C21H17BrN2O6S2/c1-29-14-9-13(10-15(11-14)30-2)24-21(26)23(12-17(25)18-7-8-20(22)31-18)16-5-3-4-6-19(16)32(24,27)28/h3-11H,12H2,1-2H3. The van der Waals surface area contributed by atoms with E-state index in [0.717, 1.165) is 8.69 Å². The van der Waals surface area contributed by atoms with E-state index in [9.17, 15) is 18.0 Å². The molecule has 3 aromatic rings. The Labute approximate surface area is 197 Å². The van der Waals surface area contributed by atoms with Crippen molar-refractivity contribution in [3.05, 3.63) is 63.3 Å². The molecule has 1 aromatic heterocycles. The molecule has 2 aromatic carbocycles. The molecule has 2 heterocycles. The van der Waals surface area contributed by atoms with E-state index in [1.165, 1.54) is 49.8 Å². The number of benzene rings is 2. The first kappa shape index (κ1) is 22.3. The lowest BCUT2D eigenvalue weighted by molar-refractivity contribution is 0.100. The molecule has 0 fully saturated rings. The fourth-order valence-electron chi connectivity index (χ4n) is 3.31. The van der Waals surface area contributed by atoms with Gasteiger partial charge < -0.3 is 9.47 Å². The number of urea groups is 1. The first-order valence-corrected chi connectivity index (χ1v) is 12.3. The molecule has 2 amide bonds. The average molecular weight is 537 g/mol. The quantitative estimate of drug-likeness (QED) is 0.429. The van der Waals surface area contributed by atoms with Gasteiger partial charge in [-0.3, -0.25) is 9.69 Å². The fraction of sp³-hybridized carbons (Fsp3) is 0.143. The summed E-state index contributed by atoms with van der Waals surface area (Å²) < 4.78 is 38.8. The normalized spacial score (nSPS) is 14.8. The highest BCUT2D eigenvalue weighted by atomic mass is 79.9. The van der Waals surface area contributed by atoms with Gasteiger partial charge in [-0.25, -0.2) is 13.2 Å². The first-order chi connectivity index (χ1) is 15.3. The number of ketones is 1. The number of ether oxygens (including phenoxy) is 2. The SMILES string of the molecule is COc1cc(OC)cc(N2C(=O)N(CC(=O)c3ccc(Br)s3)c3ccccc3S2(=O)=O)c1. The molecule has 0 spiro atoms. The van der Waals surface area contributed by atoms with Crippen molar-refractivity contribution in [3.63, 3.8) is 0 Å². The van der Waals surface area contributed by atoms with Crippen LogP contribution in [0.4, 0.5) is 16.2 Å². The number of carbonyl (C=O) groups excluding carboxylic acids is 2. The minimum Gasteiger partial charge on any atom is -0.497 e. The summed E-state index contributed by atoms with van der Waals surface area (Å²) in [7, 11) is -1.41. The topological polar surface area (TPSA) is 93.2 Å². The molecule has 8 nitrogen and oxygen atoms in total. The summed E-state index contributed by atoms with van der Waals surface area (Å²) in [6, 6.07) is 13.0. The van der Waals surface area contributed by atoms with E-state index < -0.39 is 16.1 Å². The lowest BCUT2D eigenvalue weighted by Gasteiger charge is -2.36. The molecule has 0 unspecified atom stereocenters. The third kappa shape index (κ3) is 3.87. The van der Waals surface area contributed by atoms with Crippen molar-refractivity contribution in [1.82, 2.24) is 0 Å². The van der Waals surface area contributed by atoms with Gasteiger partial charge in [-0.1, -0.05) is 12.1 Å². The summed E-state index contributed by atoms with van der Waals surface area (Å²) in [5, 5.41) is 0. The molecule has 0 N–H and O–H groups in total. The molecule has 0 radical (unpaired) electrons. The molecule has 11 heteroatoms. The predicted octanol–water partition coefficient (Wildman–Crippen LogP) is 4.55. The number of halogens is 1. The highest BCUT2D eigenvalue weighted by Crippen LogP contribution is 2.39. The number of thiophene rings is 1. The molecule has 0 aliphatic carbocycles. The van der Waals surface area contributed by atoms with Gasteiger partial charge in [0.05, 0.1) is 40.8 Å². The third-order valence-electron chi connectivity index (χ3n) is 4.80. The van der Waals surface area contributed by atoms with E-state index >= 15 is 0 Å². The maximum absolute atomic E-state index is 13.5. The summed E-state index contributed by atoms with van der Waals surface area (Å²) in [5.41, 5.74) is 0.185. The lowest BCUT2D eigenvalue weighted by atomic mass is 10.2. The van der Waals surface area contributed by atoms with Gasteiger partial charge in [0, 0.05) is 18.2 Å². The molecular formula is C21H17BrN2O6S2. The van der Waals surface area contributed by atoms with E-state index in [0.29, 0.717) is 20.7 Å². The van der Waals surface area contributed by atoms with E-state index in [1.807, 2.05) is 0 Å². The van der Waals surface area contributed by atoms with Gasteiger partial charge >= 0.3 is 6.03 Å². The average Bonchev–Trinajstić information content (AvgIpc) is 3.22. The maximum Gasteiger partial charge on any atom is 0.343 e. The maximum atomic E-state index is 13.5. The smallest absolute Gasteiger partial charge is 0.343 e. The number of fused-ring (bicyclic) bond motifs is 1. The molecule has 4 rings (SSSR count). The van der Waals surface area contributed by atoms with Gasteiger partial charge in [-0.2, -0.15) is 4.31 Å². The summed E-state index contributed by atoms with van der Waals surface area (Å²) >= 11 is 4.56. The summed E-state index contributed by atoms with van der Waals surface area (Å²) in [6.45, 7) is -0.323. The van der Waals surface area contributed by atoms with E-state index in [4.69, 9.17) is 9.47 Å². The monoisotopic (exact) mass is 536 g/mol. The Kier molecular flexibility index (Phi) is 5.97. The van der Waals surface area contributed by atoms with Crippen LogP contribution in [-0.2, 0) is 10.0 Å². The van der Waals surface area contributed by atoms with Gasteiger partial charge in [0.1, 0.15) is 16.4 Å². The second-order valence-corrected chi connectivity index (χ2v) is 10.9. The molecule has 1 aliphatic rings. The van der Waals surface area contributed by atoms with Gasteiger partial charge in [0.2, 0.25) is 0 Å². The minimum atomic E-state index is -4.25. The van der Waals surface area contributed by atoms with Gasteiger partial charge in [-0.15, -0.1) is 11.3 Å². The minimum absolute atomic E-state index is 0.0389. The Morgan fingerprint density at radius 1 is 1.03 bits per heavy atom. The molecular weight excluding hydrogens is 520 g/mol.